The smallest absolute Gasteiger partial charge is 0.317 e. The van der Waals surface area contributed by atoms with Gasteiger partial charge >= 0.3 is 6.03 Å². The first kappa shape index (κ1) is 22.8. The van der Waals surface area contributed by atoms with Crippen molar-refractivity contribution in [2.45, 2.75) is 19.5 Å². The van der Waals surface area contributed by atoms with E-state index >= 15 is 0 Å². The number of hydrogen-bond donors (Lipinski definition) is 2. The van der Waals surface area contributed by atoms with Crippen molar-refractivity contribution in [2.75, 3.05) is 39.5 Å². The molecule has 0 bridgehead atoms. The third kappa shape index (κ3) is 6.54. The molecule has 31 heavy (non-hydrogen) atoms. The largest absolute Gasteiger partial charge is 0.369 e. The highest BCUT2D eigenvalue weighted by atomic mass is 35.5. The van der Waals surface area contributed by atoms with E-state index in [2.05, 4.69) is 34.6 Å². The van der Waals surface area contributed by atoms with Crippen LogP contribution in [-0.2, 0) is 13.1 Å². The second-order valence-electron chi connectivity index (χ2n) is 7.70. The molecule has 0 aliphatic heterocycles. The van der Waals surface area contributed by atoms with Crippen molar-refractivity contribution < 1.29 is 4.79 Å². The summed E-state index contributed by atoms with van der Waals surface area (Å²) in [5.41, 5.74) is 1.73. The molecule has 0 unspecified atom stereocenters. The lowest BCUT2D eigenvalue weighted by atomic mass is 10.2. The molecule has 1 heterocycles. The maximum Gasteiger partial charge on any atom is 0.317 e. The number of fused-ring (bicyclic) bond motifs is 1. The number of anilines is 1. The van der Waals surface area contributed by atoms with Gasteiger partial charge in [0.15, 0.2) is 5.82 Å². The van der Waals surface area contributed by atoms with Gasteiger partial charge in [0.1, 0.15) is 5.82 Å². The average Bonchev–Trinajstić information content (AvgIpc) is 2.75. The van der Waals surface area contributed by atoms with E-state index in [9.17, 15) is 4.79 Å². The first-order chi connectivity index (χ1) is 14.9. The van der Waals surface area contributed by atoms with Crippen molar-refractivity contribution in [1.29, 1.82) is 0 Å². The van der Waals surface area contributed by atoms with Gasteiger partial charge in [0.25, 0.3) is 0 Å². The fourth-order valence-corrected chi connectivity index (χ4v) is 3.37. The van der Waals surface area contributed by atoms with Crippen molar-refractivity contribution >= 4 is 34.4 Å². The van der Waals surface area contributed by atoms with Crippen LogP contribution in [0.1, 0.15) is 17.8 Å². The lowest BCUT2D eigenvalue weighted by molar-refractivity contribution is 0.205. The molecule has 3 aromatic rings. The van der Waals surface area contributed by atoms with Crippen LogP contribution in [-0.4, -0.2) is 60.0 Å². The zero-order valence-electron chi connectivity index (χ0n) is 18.2. The second kappa shape index (κ2) is 10.9. The zero-order valence-corrected chi connectivity index (χ0v) is 19.0. The van der Waals surface area contributed by atoms with Crippen molar-refractivity contribution in [1.82, 2.24) is 25.1 Å². The molecule has 3 rings (SSSR count). The molecule has 2 N–H and O–H groups in total. The van der Waals surface area contributed by atoms with Gasteiger partial charge in [-0.2, -0.15) is 0 Å². The van der Waals surface area contributed by atoms with Crippen LogP contribution in [0.15, 0.2) is 48.5 Å². The Balaban J connectivity index is 1.66. The van der Waals surface area contributed by atoms with Crippen molar-refractivity contribution in [3.05, 3.63) is 64.9 Å². The van der Waals surface area contributed by atoms with Gasteiger partial charge in [-0.25, -0.2) is 14.8 Å². The molecule has 1 aromatic heterocycles. The van der Waals surface area contributed by atoms with E-state index in [4.69, 9.17) is 16.6 Å². The molecule has 0 saturated heterocycles. The summed E-state index contributed by atoms with van der Waals surface area (Å²) in [5.74, 6) is 1.38. The lowest BCUT2D eigenvalue weighted by Gasteiger charge is -2.18. The Kier molecular flexibility index (Phi) is 8.03. The summed E-state index contributed by atoms with van der Waals surface area (Å²) in [5, 5.41) is 7.92. The van der Waals surface area contributed by atoms with Gasteiger partial charge in [0, 0.05) is 30.5 Å². The molecular weight excluding hydrogens is 412 g/mol. The SMILES string of the molecule is CN(C)CCCNc1nc(CN(C)C(=O)NCc2ccccc2Cl)nc2ccccc12. The molecule has 0 aliphatic rings. The molecule has 0 aliphatic carbocycles. The Bertz CT molecular complexity index is 1030. The van der Waals surface area contributed by atoms with E-state index in [0.717, 1.165) is 41.8 Å². The van der Waals surface area contributed by atoms with E-state index < -0.39 is 0 Å². The Hall–Kier alpha value is -2.90. The number of halogens is 1. The van der Waals surface area contributed by atoms with Gasteiger partial charge in [-0.3, -0.25) is 0 Å². The van der Waals surface area contributed by atoms with Gasteiger partial charge < -0.3 is 20.4 Å². The quantitative estimate of drug-likeness (QED) is 0.492. The van der Waals surface area contributed by atoms with E-state index in [1.807, 2.05) is 48.5 Å². The molecule has 0 saturated carbocycles. The predicted octanol–water partition coefficient (Wildman–Crippen LogP) is 3.99. The average molecular weight is 441 g/mol. The molecule has 7 nitrogen and oxygen atoms in total. The number of para-hydroxylation sites is 1. The fourth-order valence-electron chi connectivity index (χ4n) is 3.16. The number of amides is 2. The van der Waals surface area contributed by atoms with Crippen molar-refractivity contribution in [3.63, 3.8) is 0 Å². The topological polar surface area (TPSA) is 73.4 Å². The second-order valence-corrected chi connectivity index (χ2v) is 8.10. The molecule has 2 aromatic carbocycles. The maximum atomic E-state index is 12.6. The highest BCUT2D eigenvalue weighted by Crippen LogP contribution is 2.20. The summed E-state index contributed by atoms with van der Waals surface area (Å²) >= 11 is 6.16. The lowest BCUT2D eigenvalue weighted by Crippen LogP contribution is -2.36. The Morgan fingerprint density at radius 1 is 1.03 bits per heavy atom. The van der Waals surface area contributed by atoms with Gasteiger partial charge in [-0.1, -0.05) is 41.9 Å². The Labute approximate surface area is 188 Å². The van der Waals surface area contributed by atoms with Crippen molar-refractivity contribution in [2.24, 2.45) is 0 Å². The van der Waals surface area contributed by atoms with E-state index in [0.29, 0.717) is 23.9 Å². The number of nitrogens with one attached hydrogen (secondary N) is 2. The minimum Gasteiger partial charge on any atom is -0.369 e. The summed E-state index contributed by atoms with van der Waals surface area (Å²) in [4.78, 5) is 25.6. The molecule has 0 radical (unpaired) electrons. The molecule has 2 amide bonds. The third-order valence-electron chi connectivity index (χ3n) is 4.84. The van der Waals surface area contributed by atoms with Gasteiger partial charge in [0.05, 0.1) is 12.1 Å². The summed E-state index contributed by atoms with van der Waals surface area (Å²) in [7, 11) is 5.85. The highest BCUT2D eigenvalue weighted by molar-refractivity contribution is 6.31. The van der Waals surface area contributed by atoms with Crippen LogP contribution >= 0.6 is 11.6 Å². The molecule has 8 heteroatoms. The van der Waals surface area contributed by atoms with Gasteiger partial charge in [-0.05, 0) is 50.8 Å². The van der Waals surface area contributed by atoms with Crippen LogP contribution in [0.2, 0.25) is 5.02 Å². The zero-order chi connectivity index (χ0) is 22.2. The first-order valence-corrected chi connectivity index (χ1v) is 10.7. The predicted molar refractivity (Wildman–Crippen MR) is 126 cm³/mol. The Morgan fingerprint density at radius 2 is 1.77 bits per heavy atom. The number of benzene rings is 2. The fraction of sp³-hybridized carbons (Fsp3) is 0.348. The number of nitrogens with zero attached hydrogens (tertiary/aromatic N) is 4. The standard InChI is InChI=1S/C23H29ClN6O/c1-29(2)14-8-13-25-22-18-10-5-7-12-20(18)27-21(28-22)16-30(3)23(31)26-15-17-9-4-6-11-19(17)24/h4-7,9-12H,8,13-16H2,1-3H3,(H,26,31)(H,25,27,28). The van der Waals surface area contributed by atoms with E-state index in [1.54, 1.807) is 11.9 Å². The maximum absolute atomic E-state index is 12.6. The number of hydrogen-bond acceptors (Lipinski definition) is 5. The van der Waals surface area contributed by atoms with Crippen LogP contribution in [0.25, 0.3) is 10.9 Å². The molecule has 0 atom stereocenters. The van der Waals surface area contributed by atoms with Crippen LogP contribution in [0.3, 0.4) is 0 Å². The monoisotopic (exact) mass is 440 g/mol. The number of carbonyl (C=O) groups is 1. The normalized spacial score (nSPS) is 11.0. The third-order valence-corrected chi connectivity index (χ3v) is 5.21. The summed E-state index contributed by atoms with van der Waals surface area (Å²) in [6, 6.07) is 15.1. The van der Waals surface area contributed by atoms with Crippen LogP contribution in [0.5, 0.6) is 0 Å². The highest BCUT2D eigenvalue weighted by Gasteiger charge is 2.13. The van der Waals surface area contributed by atoms with E-state index in [1.165, 1.54) is 0 Å². The van der Waals surface area contributed by atoms with Gasteiger partial charge in [0.2, 0.25) is 0 Å². The molecule has 0 fully saturated rings. The summed E-state index contributed by atoms with van der Waals surface area (Å²) in [6.45, 7) is 2.47. The summed E-state index contributed by atoms with van der Waals surface area (Å²) in [6.07, 6.45) is 1.00. The molecular formula is C23H29ClN6O. The molecule has 0 spiro atoms. The summed E-state index contributed by atoms with van der Waals surface area (Å²) < 4.78 is 0. The van der Waals surface area contributed by atoms with Crippen molar-refractivity contribution in [3.8, 4) is 0 Å². The Morgan fingerprint density at radius 3 is 2.55 bits per heavy atom. The van der Waals surface area contributed by atoms with Crippen LogP contribution < -0.4 is 10.6 Å². The molecule has 164 valence electrons. The van der Waals surface area contributed by atoms with Crippen LogP contribution in [0.4, 0.5) is 10.6 Å². The number of aromatic nitrogens is 2. The number of rotatable bonds is 9. The first-order valence-electron chi connectivity index (χ1n) is 10.3. The minimum absolute atomic E-state index is 0.211. The van der Waals surface area contributed by atoms with Crippen LogP contribution in [0, 0.1) is 0 Å². The number of urea groups is 1. The van der Waals surface area contributed by atoms with E-state index in [-0.39, 0.29) is 6.03 Å². The number of carbonyl (C=O) groups excluding carboxylic acids is 1. The minimum atomic E-state index is -0.211. The van der Waals surface area contributed by atoms with Gasteiger partial charge in [-0.15, -0.1) is 0 Å².